The zero-order valence-electron chi connectivity index (χ0n) is 17.0. The summed E-state index contributed by atoms with van der Waals surface area (Å²) in [6.07, 6.45) is 1.01. The van der Waals surface area contributed by atoms with Gasteiger partial charge in [-0.2, -0.15) is 43.2 Å². The standard InChI is InChI=1S/C18H18F6N2O6S2/c19-17(20,21)33(27,28)25-13-3-7-15(8-4-13)31-11-1-2-12-32-16-9-5-14(6-10-16)26-34(29,30)18(22,23)24/h3-10,25-26H,1-2,11-12H2. The topological polar surface area (TPSA) is 111 Å². The van der Waals surface area contributed by atoms with Crippen molar-refractivity contribution in [3.8, 4) is 11.5 Å². The van der Waals surface area contributed by atoms with Gasteiger partial charge in [-0.15, -0.1) is 0 Å². The minimum Gasteiger partial charge on any atom is -0.494 e. The minimum absolute atomic E-state index is 0.217. The van der Waals surface area contributed by atoms with Crippen molar-refractivity contribution in [2.45, 2.75) is 23.9 Å². The van der Waals surface area contributed by atoms with E-state index >= 15 is 0 Å². The van der Waals surface area contributed by atoms with Crippen LogP contribution in [0.25, 0.3) is 0 Å². The minimum atomic E-state index is -5.51. The number of halogens is 6. The number of anilines is 2. The molecular weight excluding hydrogens is 518 g/mol. The molecule has 0 bridgehead atoms. The fraction of sp³-hybridized carbons (Fsp3) is 0.333. The van der Waals surface area contributed by atoms with Crippen LogP contribution < -0.4 is 18.9 Å². The third kappa shape index (κ3) is 7.86. The molecule has 0 aliphatic rings. The van der Waals surface area contributed by atoms with Crippen molar-refractivity contribution in [2.75, 3.05) is 22.7 Å². The molecule has 2 rings (SSSR count). The van der Waals surface area contributed by atoms with Gasteiger partial charge < -0.3 is 9.47 Å². The van der Waals surface area contributed by atoms with Gasteiger partial charge in [-0.1, -0.05) is 0 Å². The lowest BCUT2D eigenvalue weighted by atomic mass is 10.3. The lowest BCUT2D eigenvalue weighted by molar-refractivity contribution is -0.0435. The molecule has 0 radical (unpaired) electrons. The second-order valence-corrected chi connectivity index (χ2v) is 9.90. The molecule has 0 saturated carbocycles. The summed E-state index contributed by atoms with van der Waals surface area (Å²) in [6.45, 7) is 0.435. The molecule has 2 N–H and O–H groups in total. The lowest BCUT2D eigenvalue weighted by Crippen LogP contribution is -2.29. The Morgan fingerprint density at radius 1 is 0.588 bits per heavy atom. The van der Waals surface area contributed by atoms with E-state index in [0.717, 1.165) is 24.3 Å². The highest BCUT2D eigenvalue weighted by atomic mass is 32.2. The molecule has 0 aliphatic heterocycles. The average Bonchev–Trinajstić information content (AvgIpc) is 2.71. The molecule has 0 aromatic heterocycles. The molecule has 190 valence electrons. The van der Waals surface area contributed by atoms with E-state index in [-0.39, 0.29) is 24.6 Å². The van der Waals surface area contributed by atoms with Crippen LogP contribution in [0.3, 0.4) is 0 Å². The highest BCUT2D eigenvalue weighted by Gasteiger charge is 2.46. The molecule has 0 heterocycles. The van der Waals surface area contributed by atoms with E-state index in [4.69, 9.17) is 9.47 Å². The van der Waals surface area contributed by atoms with E-state index in [0.29, 0.717) is 24.3 Å². The fourth-order valence-electron chi connectivity index (χ4n) is 2.25. The number of benzene rings is 2. The number of hydrogen-bond acceptors (Lipinski definition) is 6. The van der Waals surface area contributed by atoms with Crippen molar-refractivity contribution in [2.24, 2.45) is 0 Å². The largest absolute Gasteiger partial charge is 0.516 e. The SMILES string of the molecule is O=S(=O)(Nc1ccc(OCCCCOc2ccc(NS(=O)(=O)C(F)(F)F)cc2)cc1)C(F)(F)F. The number of unbranched alkanes of at least 4 members (excludes halogenated alkanes) is 1. The van der Waals surface area contributed by atoms with E-state index in [1.807, 2.05) is 0 Å². The van der Waals surface area contributed by atoms with Crippen LogP contribution in [-0.4, -0.2) is 41.1 Å². The Morgan fingerprint density at radius 3 is 1.15 bits per heavy atom. The van der Waals surface area contributed by atoms with Crippen LogP contribution in [-0.2, 0) is 20.0 Å². The lowest BCUT2D eigenvalue weighted by Gasteiger charge is -2.12. The van der Waals surface area contributed by atoms with E-state index in [1.54, 1.807) is 0 Å². The van der Waals surface area contributed by atoms with Crippen LogP contribution in [0, 0.1) is 0 Å². The molecule has 8 nitrogen and oxygen atoms in total. The molecule has 0 spiro atoms. The Balaban J connectivity index is 1.70. The van der Waals surface area contributed by atoms with Gasteiger partial charge >= 0.3 is 31.1 Å². The molecule has 0 saturated heterocycles. The van der Waals surface area contributed by atoms with Crippen LogP contribution in [0.5, 0.6) is 11.5 Å². The normalized spacial score (nSPS) is 12.8. The summed E-state index contributed by atoms with van der Waals surface area (Å²) in [6, 6.07) is 9.61. The first-order valence-electron chi connectivity index (χ1n) is 9.25. The summed E-state index contributed by atoms with van der Waals surface area (Å²) in [5.74, 6) is 0.598. The number of hydrogen-bond donors (Lipinski definition) is 2. The van der Waals surface area contributed by atoms with Gasteiger partial charge in [-0.25, -0.2) is 0 Å². The van der Waals surface area contributed by atoms with Crippen molar-refractivity contribution >= 4 is 31.4 Å². The molecular formula is C18H18F6N2O6S2. The van der Waals surface area contributed by atoms with Crippen LogP contribution in [0.15, 0.2) is 48.5 Å². The van der Waals surface area contributed by atoms with Crippen molar-refractivity contribution < 1.29 is 52.7 Å². The molecule has 2 aromatic carbocycles. The first kappa shape index (κ1) is 27.4. The Bertz CT molecular complexity index is 1060. The van der Waals surface area contributed by atoms with Gasteiger partial charge in [0.05, 0.1) is 13.2 Å². The second-order valence-electron chi connectivity index (χ2n) is 6.56. The fourth-order valence-corrected chi connectivity index (χ4v) is 3.37. The van der Waals surface area contributed by atoms with Gasteiger partial charge in [0, 0.05) is 11.4 Å². The van der Waals surface area contributed by atoms with E-state index in [2.05, 4.69) is 0 Å². The number of alkyl halides is 6. The third-order valence-electron chi connectivity index (χ3n) is 3.90. The van der Waals surface area contributed by atoms with Crippen LogP contribution in [0.2, 0.25) is 0 Å². The molecule has 34 heavy (non-hydrogen) atoms. The van der Waals surface area contributed by atoms with Gasteiger partial charge in [0.15, 0.2) is 0 Å². The predicted octanol–water partition coefficient (Wildman–Crippen LogP) is 4.45. The monoisotopic (exact) mass is 536 g/mol. The Hall–Kier alpha value is -2.88. The molecule has 0 atom stereocenters. The van der Waals surface area contributed by atoms with Crippen molar-refractivity contribution in [3.05, 3.63) is 48.5 Å². The van der Waals surface area contributed by atoms with Gasteiger partial charge in [0.2, 0.25) is 0 Å². The highest BCUT2D eigenvalue weighted by molar-refractivity contribution is 7.93. The first-order valence-corrected chi connectivity index (χ1v) is 12.2. The summed E-state index contributed by atoms with van der Waals surface area (Å²) < 4.78 is 132. The zero-order chi connectivity index (χ0) is 25.6. The molecule has 2 aromatic rings. The first-order chi connectivity index (χ1) is 15.6. The maximum Gasteiger partial charge on any atom is 0.516 e. The Labute approximate surface area is 191 Å². The van der Waals surface area contributed by atoms with Crippen LogP contribution in [0.4, 0.5) is 37.7 Å². The number of rotatable bonds is 11. The third-order valence-corrected chi connectivity index (χ3v) is 6.13. The molecule has 0 amide bonds. The van der Waals surface area contributed by atoms with Crippen LogP contribution >= 0.6 is 0 Å². The van der Waals surface area contributed by atoms with Gasteiger partial charge in [-0.05, 0) is 61.4 Å². The van der Waals surface area contributed by atoms with Crippen LogP contribution in [0.1, 0.15) is 12.8 Å². The van der Waals surface area contributed by atoms with Gasteiger partial charge in [0.1, 0.15) is 11.5 Å². The Kier molecular flexibility index (Phi) is 8.52. The summed E-state index contributed by atoms with van der Waals surface area (Å²) in [5.41, 5.74) is -11.4. The van der Waals surface area contributed by atoms with Crippen molar-refractivity contribution in [1.29, 1.82) is 0 Å². The van der Waals surface area contributed by atoms with Gasteiger partial charge in [-0.3, -0.25) is 9.44 Å². The summed E-state index contributed by atoms with van der Waals surface area (Å²) >= 11 is 0. The van der Waals surface area contributed by atoms with E-state index in [1.165, 1.54) is 33.7 Å². The van der Waals surface area contributed by atoms with E-state index < -0.39 is 31.1 Å². The molecule has 0 aliphatic carbocycles. The summed E-state index contributed by atoms with van der Waals surface area (Å²) in [7, 11) is -11.0. The highest BCUT2D eigenvalue weighted by Crippen LogP contribution is 2.27. The number of nitrogens with one attached hydrogen (secondary N) is 2. The molecule has 0 fully saturated rings. The van der Waals surface area contributed by atoms with Crippen molar-refractivity contribution in [3.63, 3.8) is 0 Å². The number of ether oxygens (including phenoxy) is 2. The summed E-state index contributed by atoms with van der Waals surface area (Å²) in [5, 5.41) is 0. The van der Waals surface area contributed by atoms with Gasteiger partial charge in [0.25, 0.3) is 0 Å². The summed E-state index contributed by atoms with van der Waals surface area (Å²) in [4.78, 5) is 0. The maximum absolute atomic E-state index is 12.3. The van der Waals surface area contributed by atoms with E-state index in [9.17, 15) is 43.2 Å². The number of sulfonamides is 2. The zero-order valence-corrected chi connectivity index (χ0v) is 18.6. The molecule has 0 unspecified atom stereocenters. The smallest absolute Gasteiger partial charge is 0.494 e. The second kappa shape index (κ2) is 10.6. The molecule has 16 heteroatoms. The quantitative estimate of drug-likeness (QED) is 0.324. The average molecular weight is 536 g/mol. The van der Waals surface area contributed by atoms with Crippen molar-refractivity contribution in [1.82, 2.24) is 0 Å². The Morgan fingerprint density at radius 2 is 0.882 bits per heavy atom. The predicted molar refractivity (Wildman–Crippen MR) is 110 cm³/mol. The maximum atomic E-state index is 12.3.